The van der Waals surface area contributed by atoms with Gasteiger partial charge in [0.05, 0.1) is 5.16 Å². The number of aliphatic imine (C=N–C) groups is 1. The maximum Gasteiger partial charge on any atom is 0.153 e. The fourth-order valence-electron chi connectivity index (χ4n) is 2.29. The summed E-state index contributed by atoms with van der Waals surface area (Å²) < 4.78 is 27.5. The van der Waals surface area contributed by atoms with Crippen molar-refractivity contribution >= 4 is 23.1 Å². The Morgan fingerprint density at radius 1 is 1.05 bits per heavy atom. The van der Waals surface area contributed by atoms with Gasteiger partial charge in [-0.15, -0.1) is 0 Å². The molecule has 0 N–H and O–H groups in total. The topological polar surface area (TPSA) is 12.4 Å². The van der Waals surface area contributed by atoms with Crippen molar-refractivity contribution in [2.24, 2.45) is 4.99 Å². The van der Waals surface area contributed by atoms with E-state index in [0.717, 1.165) is 17.7 Å². The molecule has 0 radical (unpaired) electrons. The molecule has 4 heteroatoms. The maximum atomic E-state index is 13.8. The smallest absolute Gasteiger partial charge is 0.153 e. The van der Waals surface area contributed by atoms with E-state index in [1.807, 2.05) is 23.4 Å². The minimum atomic E-state index is -0.794. The summed E-state index contributed by atoms with van der Waals surface area (Å²) in [5, 5.41) is 1.96. The zero-order chi connectivity index (χ0) is 15.5. The molecule has 0 heterocycles. The second kappa shape index (κ2) is 6.19. The number of hydrogen-bond acceptors (Lipinski definition) is 2. The van der Waals surface area contributed by atoms with Crippen LogP contribution in [0.15, 0.2) is 41.4 Å². The molecule has 22 heavy (non-hydrogen) atoms. The number of halogens is 2. The second-order valence-electron chi connectivity index (χ2n) is 5.10. The molecule has 2 aromatic rings. The molecule has 2 aromatic carbocycles. The molecule has 1 fully saturated rings. The quantitative estimate of drug-likeness (QED) is 0.433. The molecule has 0 amide bonds. The molecule has 0 aliphatic heterocycles. The van der Waals surface area contributed by atoms with E-state index in [2.05, 4.69) is 35.1 Å². The van der Waals surface area contributed by atoms with E-state index >= 15 is 0 Å². The van der Waals surface area contributed by atoms with Crippen LogP contribution < -0.4 is 0 Å². The minimum Gasteiger partial charge on any atom is -0.204 e. The summed E-state index contributed by atoms with van der Waals surface area (Å²) in [5.41, 5.74) is 1.95. The Labute approximate surface area is 132 Å². The summed E-state index contributed by atoms with van der Waals surface area (Å²) in [6, 6.07) is 10.2. The van der Waals surface area contributed by atoms with Crippen molar-refractivity contribution in [2.45, 2.75) is 18.8 Å². The second-order valence-corrected chi connectivity index (χ2v) is 5.29. The van der Waals surface area contributed by atoms with Gasteiger partial charge in [0, 0.05) is 11.1 Å². The van der Waals surface area contributed by atoms with Crippen molar-refractivity contribution in [1.29, 1.82) is 0 Å². The number of hydrogen-bond donors (Lipinski definition) is 0. The summed E-state index contributed by atoms with van der Waals surface area (Å²) in [7, 11) is 0. The van der Waals surface area contributed by atoms with Gasteiger partial charge in [-0.25, -0.2) is 8.78 Å². The molecule has 1 nitrogen and oxygen atoms in total. The first-order valence-corrected chi connectivity index (χ1v) is 7.27. The lowest BCUT2D eigenvalue weighted by Crippen LogP contribution is -1.88. The Morgan fingerprint density at radius 3 is 2.36 bits per heavy atom. The van der Waals surface area contributed by atoms with Gasteiger partial charge in [0.25, 0.3) is 0 Å². The highest BCUT2D eigenvalue weighted by Crippen LogP contribution is 2.41. The van der Waals surface area contributed by atoms with Crippen LogP contribution in [-0.2, 0) is 0 Å². The summed E-state index contributed by atoms with van der Waals surface area (Å²) >= 11 is 4.37. The van der Waals surface area contributed by atoms with Crippen LogP contribution in [0.1, 0.15) is 35.4 Å². The standard InChI is InChI=1S/C18H11F2NS/c19-16-9-12(10-17(20)18(16)21-11-22)5-6-13-3-1-2-4-15(13)14-7-8-14/h1-4,9-10,14H,7-8H2. The average Bonchev–Trinajstić information content (AvgIpc) is 3.34. The van der Waals surface area contributed by atoms with E-state index in [-0.39, 0.29) is 5.56 Å². The molecule has 0 bridgehead atoms. The minimum absolute atomic E-state index is 0.268. The van der Waals surface area contributed by atoms with Crippen molar-refractivity contribution in [3.05, 3.63) is 64.7 Å². The Hall–Kier alpha value is -2.34. The lowest BCUT2D eigenvalue weighted by Gasteiger charge is -2.01. The van der Waals surface area contributed by atoms with Gasteiger partial charge in [-0.3, -0.25) is 0 Å². The molecule has 0 spiro atoms. The highest BCUT2D eigenvalue weighted by molar-refractivity contribution is 7.78. The van der Waals surface area contributed by atoms with Crippen LogP contribution in [-0.4, -0.2) is 5.16 Å². The first kappa shape index (κ1) is 14.6. The number of thiocarbonyl (C=S) groups is 1. The third-order valence-corrected chi connectivity index (χ3v) is 3.59. The molecule has 1 aliphatic rings. The molecule has 108 valence electrons. The first-order chi connectivity index (χ1) is 10.7. The van der Waals surface area contributed by atoms with Crippen LogP contribution in [0.4, 0.5) is 14.5 Å². The monoisotopic (exact) mass is 311 g/mol. The van der Waals surface area contributed by atoms with Gasteiger partial charge in [-0.2, -0.15) is 4.99 Å². The number of isothiocyanates is 1. The van der Waals surface area contributed by atoms with Crippen molar-refractivity contribution in [3.8, 4) is 11.8 Å². The van der Waals surface area contributed by atoms with Crippen LogP contribution in [0.25, 0.3) is 0 Å². The number of nitrogens with zero attached hydrogens (tertiary/aromatic N) is 1. The van der Waals surface area contributed by atoms with E-state index in [1.54, 1.807) is 0 Å². The van der Waals surface area contributed by atoms with Crippen LogP contribution in [0.5, 0.6) is 0 Å². The summed E-state index contributed by atoms with van der Waals surface area (Å²) in [4.78, 5) is 3.38. The van der Waals surface area contributed by atoms with Gasteiger partial charge in [0.2, 0.25) is 0 Å². The van der Waals surface area contributed by atoms with Gasteiger partial charge in [-0.1, -0.05) is 30.0 Å². The molecule has 3 rings (SSSR count). The predicted molar refractivity (Wildman–Crippen MR) is 85.4 cm³/mol. The first-order valence-electron chi connectivity index (χ1n) is 6.87. The Kier molecular flexibility index (Phi) is 4.11. The Balaban J connectivity index is 1.96. The predicted octanol–water partition coefficient (Wildman–Crippen LogP) is 4.98. The molecule has 0 saturated heterocycles. The van der Waals surface area contributed by atoms with Gasteiger partial charge < -0.3 is 0 Å². The van der Waals surface area contributed by atoms with E-state index in [1.165, 1.54) is 18.4 Å². The van der Waals surface area contributed by atoms with Crippen molar-refractivity contribution in [1.82, 2.24) is 0 Å². The van der Waals surface area contributed by atoms with Crippen LogP contribution >= 0.6 is 12.2 Å². The largest absolute Gasteiger partial charge is 0.204 e. The highest BCUT2D eigenvalue weighted by atomic mass is 32.1. The molecule has 0 aromatic heterocycles. The maximum absolute atomic E-state index is 13.8. The Bertz CT molecular complexity index is 815. The molecular formula is C18H11F2NS. The van der Waals surface area contributed by atoms with Crippen LogP contribution in [0, 0.1) is 23.5 Å². The van der Waals surface area contributed by atoms with E-state index in [0.29, 0.717) is 5.92 Å². The number of rotatable bonds is 2. The molecular weight excluding hydrogens is 300 g/mol. The third kappa shape index (κ3) is 3.12. The molecule has 0 atom stereocenters. The molecule has 1 saturated carbocycles. The van der Waals surface area contributed by atoms with Gasteiger partial charge in [-0.05, 0) is 54.7 Å². The van der Waals surface area contributed by atoms with Crippen molar-refractivity contribution in [2.75, 3.05) is 0 Å². The normalized spacial score (nSPS) is 13.0. The van der Waals surface area contributed by atoms with Gasteiger partial charge in [0.1, 0.15) is 5.69 Å². The Morgan fingerprint density at radius 2 is 1.73 bits per heavy atom. The van der Waals surface area contributed by atoms with Gasteiger partial charge >= 0.3 is 0 Å². The van der Waals surface area contributed by atoms with E-state index < -0.39 is 17.3 Å². The van der Waals surface area contributed by atoms with Crippen LogP contribution in [0.2, 0.25) is 0 Å². The molecule has 1 aliphatic carbocycles. The van der Waals surface area contributed by atoms with Gasteiger partial charge in [0.15, 0.2) is 11.6 Å². The number of benzene rings is 2. The summed E-state index contributed by atoms with van der Waals surface area (Å²) in [6.07, 6.45) is 2.35. The zero-order valence-corrected chi connectivity index (χ0v) is 12.4. The molecule has 0 unspecified atom stereocenters. The summed E-state index contributed by atoms with van der Waals surface area (Å²) in [5.74, 6) is 4.80. The lowest BCUT2D eigenvalue weighted by molar-refractivity contribution is 0.587. The highest BCUT2D eigenvalue weighted by Gasteiger charge is 2.25. The third-order valence-electron chi connectivity index (χ3n) is 3.49. The zero-order valence-electron chi connectivity index (χ0n) is 11.6. The van der Waals surface area contributed by atoms with Crippen LogP contribution in [0.3, 0.4) is 0 Å². The van der Waals surface area contributed by atoms with Crippen molar-refractivity contribution < 1.29 is 8.78 Å². The fourth-order valence-corrected chi connectivity index (χ4v) is 2.38. The van der Waals surface area contributed by atoms with Crippen molar-refractivity contribution in [3.63, 3.8) is 0 Å². The summed E-state index contributed by atoms with van der Waals surface area (Å²) in [6.45, 7) is 0. The fraction of sp³-hybridized carbons (Fsp3) is 0.167. The van der Waals surface area contributed by atoms with E-state index in [4.69, 9.17) is 0 Å². The average molecular weight is 311 g/mol. The lowest BCUT2D eigenvalue weighted by atomic mass is 10.0. The van der Waals surface area contributed by atoms with E-state index in [9.17, 15) is 8.78 Å². The SMILES string of the molecule is Fc1cc(C#Cc2ccccc2C2CC2)cc(F)c1N=C=S.